The molecule has 8 nitrogen and oxygen atoms in total. The maximum Gasteiger partial charge on any atom is 0.340 e. The number of pyridine rings is 1. The lowest BCUT2D eigenvalue weighted by molar-refractivity contribution is 0.0692. The number of sulfonamides is 1. The summed E-state index contributed by atoms with van der Waals surface area (Å²) >= 11 is 0. The lowest BCUT2D eigenvalue weighted by atomic mass is 10.4. The van der Waals surface area contributed by atoms with E-state index in [-0.39, 0.29) is 5.69 Å². The number of aromatic amines is 1. The summed E-state index contributed by atoms with van der Waals surface area (Å²) in [6, 6.07) is 3.15. The Morgan fingerprint density at radius 1 is 1.37 bits per heavy atom. The van der Waals surface area contributed by atoms with Crippen LogP contribution in [0.4, 0.5) is 5.69 Å². The standard InChI is InChI=1S/C10H10N4O4S/c1-6-2-3-7(4-11-6)14-19(17,18)9-8(10(15)16)5-12-13-9/h2-5,14H,1H3,(H,12,13)(H,15,16). The summed E-state index contributed by atoms with van der Waals surface area (Å²) in [5.41, 5.74) is 0.542. The molecular weight excluding hydrogens is 272 g/mol. The van der Waals surface area contributed by atoms with E-state index in [4.69, 9.17) is 5.11 Å². The van der Waals surface area contributed by atoms with Crippen LogP contribution in [0.25, 0.3) is 0 Å². The van der Waals surface area contributed by atoms with Gasteiger partial charge in [-0.2, -0.15) is 13.5 Å². The monoisotopic (exact) mass is 282 g/mol. The number of hydrogen-bond acceptors (Lipinski definition) is 5. The molecule has 0 amide bonds. The van der Waals surface area contributed by atoms with Crippen molar-refractivity contribution in [2.24, 2.45) is 0 Å². The van der Waals surface area contributed by atoms with Gasteiger partial charge in [-0.1, -0.05) is 0 Å². The summed E-state index contributed by atoms with van der Waals surface area (Å²) < 4.78 is 26.2. The molecule has 19 heavy (non-hydrogen) atoms. The number of nitrogens with one attached hydrogen (secondary N) is 2. The van der Waals surface area contributed by atoms with Gasteiger partial charge in [0.15, 0.2) is 5.03 Å². The Labute approximate surface area is 108 Å². The molecule has 0 spiro atoms. The molecule has 0 aliphatic carbocycles. The van der Waals surface area contributed by atoms with E-state index in [9.17, 15) is 13.2 Å². The van der Waals surface area contributed by atoms with Crippen molar-refractivity contribution in [1.82, 2.24) is 15.2 Å². The molecule has 0 aliphatic rings. The third kappa shape index (κ3) is 2.71. The first kappa shape index (κ1) is 13.0. The summed E-state index contributed by atoms with van der Waals surface area (Å²) in [7, 11) is -4.05. The van der Waals surface area contributed by atoms with E-state index in [2.05, 4.69) is 19.9 Å². The van der Waals surface area contributed by atoms with Crippen LogP contribution in [0.1, 0.15) is 16.1 Å². The quantitative estimate of drug-likeness (QED) is 0.754. The Morgan fingerprint density at radius 3 is 2.68 bits per heavy atom. The van der Waals surface area contributed by atoms with Crippen LogP contribution in [0.2, 0.25) is 0 Å². The van der Waals surface area contributed by atoms with Crippen LogP contribution in [0.5, 0.6) is 0 Å². The van der Waals surface area contributed by atoms with Crippen molar-refractivity contribution < 1.29 is 18.3 Å². The Kier molecular flexibility index (Phi) is 3.21. The number of rotatable bonds is 4. The lowest BCUT2D eigenvalue weighted by Crippen LogP contribution is -2.16. The lowest BCUT2D eigenvalue weighted by Gasteiger charge is -2.06. The van der Waals surface area contributed by atoms with Gasteiger partial charge in [0, 0.05) is 5.69 Å². The van der Waals surface area contributed by atoms with Crippen molar-refractivity contribution in [3.8, 4) is 0 Å². The Hall–Kier alpha value is -2.42. The average Bonchev–Trinajstić information content (AvgIpc) is 2.82. The largest absolute Gasteiger partial charge is 0.478 e. The number of carboxylic acids is 1. The topological polar surface area (TPSA) is 125 Å². The van der Waals surface area contributed by atoms with Gasteiger partial charge in [-0.3, -0.25) is 14.8 Å². The molecular formula is C10H10N4O4S. The second-order valence-electron chi connectivity index (χ2n) is 3.71. The van der Waals surface area contributed by atoms with Crippen LogP contribution in [-0.2, 0) is 10.0 Å². The van der Waals surface area contributed by atoms with Crippen LogP contribution in [0.15, 0.2) is 29.6 Å². The van der Waals surface area contributed by atoms with Gasteiger partial charge in [0.2, 0.25) is 0 Å². The van der Waals surface area contributed by atoms with Gasteiger partial charge in [0.25, 0.3) is 10.0 Å². The number of anilines is 1. The number of hydrogen-bond donors (Lipinski definition) is 3. The number of carbonyl (C=O) groups is 1. The minimum atomic E-state index is -4.05. The van der Waals surface area contributed by atoms with Crippen LogP contribution < -0.4 is 4.72 Å². The summed E-state index contributed by atoms with van der Waals surface area (Å²) in [6.45, 7) is 1.76. The average molecular weight is 282 g/mol. The van der Waals surface area contributed by atoms with Crippen molar-refractivity contribution in [3.05, 3.63) is 35.8 Å². The van der Waals surface area contributed by atoms with Gasteiger partial charge >= 0.3 is 5.97 Å². The molecule has 2 rings (SSSR count). The third-order valence-electron chi connectivity index (χ3n) is 2.27. The number of H-pyrrole nitrogens is 1. The highest BCUT2D eigenvalue weighted by atomic mass is 32.2. The number of nitrogens with zero attached hydrogens (tertiary/aromatic N) is 2. The molecule has 0 atom stereocenters. The van der Waals surface area contributed by atoms with Gasteiger partial charge in [0.05, 0.1) is 18.1 Å². The van der Waals surface area contributed by atoms with Gasteiger partial charge in [-0.15, -0.1) is 0 Å². The molecule has 0 unspecified atom stereocenters. The maximum absolute atomic E-state index is 12.0. The number of carboxylic acid groups (broad SMARTS) is 1. The maximum atomic E-state index is 12.0. The molecule has 2 aromatic rings. The van der Waals surface area contributed by atoms with Crippen LogP contribution >= 0.6 is 0 Å². The number of aryl methyl sites for hydroxylation is 1. The fourth-order valence-electron chi connectivity index (χ4n) is 1.37. The van der Waals surface area contributed by atoms with Crippen molar-refractivity contribution in [2.45, 2.75) is 11.9 Å². The zero-order chi connectivity index (χ0) is 14.0. The first-order valence-corrected chi connectivity index (χ1v) is 6.60. The first-order valence-electron chi connectivity index (χ1n) is 5.12. The Bertz CT molecular complexity index is 705. The summed E-state index contributed by atoms with van der Waals surface area (Å²) in [5, 5.41) is 13.9. The smallest absolute Gasteiger partial charge is 0.340 e. The van der Waals surface area contributed by atoms with E-state index in [1.54, 1.807) is 13.0 Å². The fraction of sp³-hybridized carbons (Fsp3) is 0.100. The minimum absolute atomic E-state index is 0.233. The molecule has 0 bridgehead atoms. The zero-order valence-corrected chi connectivity index (χ0v) is 10.6. The zero-order valence-electron chi connectivity index (χ0n) is 9.78. The first-order chi connectivity index (χ1) is 8.90. The highest BCUT2D eigenvalue weighted by molar-refractivity contribution is 7.92. The molecule has 0 fully saturated rings. The SMILES string of the molecule is Cc1ccc(NS(=O)(=O)c2[nH]ncc2C(=O)O)cn1. The van der Waals surface area contributed by atoms with E-state index in [1.807, 2.05) is 0 Å². The van der Waals surface area contributed by atoms with Gasteiger partial charge in [0.1, 0.15) is 5.56 Å². The molecule has 100 valence electrons. The van der Waals surface area contributed by atoms with Crippen molar-refractivity contribution in [1.29, 1.82) is 0 Å². The number of aromatic nitrogens is 3. The molecule has 0 radical (unpaired) electrons. The van der Waals surface area contributed by atoms with Crippen molar-refractivity contribution in [3.63, 3.8) is 0 Å². The second-order valence-corrected chi connectivity index (χ2v) is 5.33. The van der Waals surface area contributed by atoms with Crippen molar-refractivity contribution >= 4 is 21.7 Å². The fourth-order valence-corrected chi connectivity index (χ4v) is 2.50. The summed E-state index contributed by atoms with van der Waals surface area (Å²) in [4.78, 5) is 14.8. The predicted molar refractivity (Wildman–Crippen MR) is 65.3 cm³/mol. The Balaban J connectivity index is 2.35. The normalized spacial score (nSPS) is 11.2. The molecule has 2 aromatic heterocycles. The summed E-state index contributed by atoms with van der Waals surface area (Å²) in [5.74, 6) is -1.38. The van der Waals surface area contributed by atoms with Gasteiger partial charge < -0.3 is 5.11 Å². The van der Waals surface area contributed by atoms with Gasteiger partial charge in [-0.05, 0) is 19.1 Å². The molecule has 2 heterocycles. The molecule has 0 aromatic carbocycles. The van der Waals surface area contributed by atoms with E-state index in [0.29, 0.717) is 0 Å². The highest BCUT2D eigenvalue weighted by Crippen LogP contribution is 2.16. The third-order valence-corrected chi connectivity index (χ3v) is 3.62. The Morgan fingerprint density at radius 2 is 2.11 bits per heavy atom. The van der Waals surface area contributed by atoms with E-state index < -0.39 is 26.6 Å². The van der Waals surface area contributed by atoms with Crippen LogP contribution in [0.3, 0.4) is 0 Å². The van der Waals surface area contributed by atoms with Crippen LogP contribution in [-0.4, -0.2) is 34.7 Å². The number of aromatic carboxylic acids is 1. The van der Waals surface area contributed by atoms with Crippen LogP contribution in [0, 0.1) is 6.92 Å². The highest BCUT2D eigenvalue weighted by Gasteiger charge is 2.24. The molecule has 3 N–H and O–H groups in total. The molecule has 0 saturated heterocycles. The van der Waals surface area contributed by atoms with E-state index in [1.165, 1.54) is 12.3 Å². The van der Waals surface area contributed by atoms with E-state index in [0.717, 1.165) is 11.9 Å². The molecule has 0 saturated carbocycles. The van der Waals surface area contributed by atoms with Gasteiger partial charge in [-0.25, -0.2) is 4.79 Å². The summed E-state index contributed by atoms with van der Waals surface area (Å²) in [6.07, 6.45) is 2.27. The molecule has 9 heteroatoms. The second kappa shape index (κ2) is 4.69. The predicted octanol–water partition coefficient (Wildman–Crippen LogP) is 0.612. The van der Waals surface area contributed by atoms with Crippen molar-refractivity contribution in [2.75, 3.05) is 4.72 Å². The minimum Gasteiger partial charge on any atom is -0.478 e. The molecule has 0 aliphatic heterocycles. The van der Waals surface area contributed by atoms with E-state index >= 15 is 0 Å².